The van der Waals surface area contributed by atoms with Gasteiger partial charge in [0.1, 0.15) is 0 Å². The Kier molecular flexibility index (Phi) is 3.10. The summed E-state index contributed by atoms with van der Waals surface area (Å²) in [5.74, 6) is -1.04. The topological polar surface area (TPSA) is 54.4 Å². The molecule has 0 aliphatic heterocycles. The van der Waals surface area contributed by atoms with E-state index in [-0.39, 0.29) is 17.6 Å². The first kappa shape index (κ1) is 11.3. The smallest absolute Gasteiger partial charge is 0.306 e. The average Bonchev–Trinajstić information content (AvgIpc) is 2.84. The van der Waals surface area contributed by atoms with E-state index < -0.39 is 5.97 Å². The van der Waals surface area contributed by atoms with E-state index in [4.69, 9.17) is 5.11 Å². The maximum atomic E-state index is 12.1. The standard InChI is InChI=1S/C12H14O3S/c1-7-4-5-16-11(7)10(13)8-2-3-9(6-8)12(14)15/h4-5,8-9H,2-3,6H2,1H3,(H,14,15). The normalized spacial score (nSPS) is 24.6. The van der Waals surface area contributed by atoms with Crippen molar-refractivity contribution < 1.29 is 14.7 Å². The quantitative estimate of drug-likeness (QED) is 0.824. The van der Waals surface area contributed by atoms with Gasteiger partial charge in [0.15, 0.2) is 5.78 Å². The van der Waals surface area contributed by atoms with Crippen LogP contribution in [-0.2, 0) is 4.79 Å². The summed E-state index contributed by atoms with van der Waals surface area (Å²) in [5, 5.41) is 10.8. The molecule has 1 heterocycles. The van der Waals surface area contributed by atoms with Crippen LogP contribution in [0.25, 0.3) is 0 Å². The van der Waals surface area contributed by atoms with Gasteiger partial charge in [0, 0.05) is 5.92 Å². The molecule has 2 atom stereocenters. The Morgan fingerprint density at radius 1 is 1.38 bits per heavy atom. The van der Waals surface area contributed by atoms with Crippen LogP contribution in [0.2, 0.25) is 0 Å². The lowest BCUT2D eigenvalue weighted by Gasteiger charge is -2.07. The SMILES string of the molecule is Cc1ccsc1C(=O)C1CCC(C(=O)O)C1. The minimum absolute atomic E-state index is 0.0848. The van der Waals surface area contributed by atoms with Crippen molar-refractivity contribution in [2.45, 2.75) is 26.2 Å². The molecule has 3 nitrogen and oxygen atoms in total. The van der Waals surface area contributed by atoms with E-state index in [2.05, 4.69) is 0 Å². The van der Waals surface area contributed by atoms with E-state index in [1.807, 2.05) is 18.4 Å². The Morgan fingerprint density at radius 2 is 2.06 bits per heavy atom. The first-order valence-corrected chi connectivity index (χ1v) is 6.28. The molecule has 0 bridgehead atoms. The van der Waals surface area contributed by atoms with Crippen LogP contribution in [0.1, 0.15) is 34.5 Å². The lowest BCUT2D eigenvalue weighted by molar-refractivity contribution is -0.141. The zero-order chi connectivity index (χ0) is 11.7. The van der Waals surface area contributed by atoms with Crippen molar-refractivity contribution >= 4 is 23.1 Å². The van der Waals surface area contributed by atoms with Gasteiger partial charge in [-0.05, 0) is 43.2 Å². The van der Waals surface area contributed by atoms with Crippen molar-refractivity contribution in [3.05, 3.63) is 21.9 Å². The summed E-state index contributed by atoms with van der Waals surface area (Å²) >= 11 is 1.46. The van der Waals surface area contributed by atoms with Gasteiger partial charge in [-0.25, -0.2) is 0 Å². The number of carboxylic acid groups (broad SMARTS) is 1. The Bertz CT molecular complexity index is 422. The number of thiophene rings is 1. The fourth-order valence-electron chi connectivity index (χ4n) is 2.25. The Morgan fingerprint density at radius 3 is 2.56 bits per heavy atom. The van der Waals surface area contributed by atoms with Crippen LogP contribution < -0.4 is 0 Å². The number of ketones is 1. The van der Waals surface area contributed by atoms with Crippen molar-refractivity contribution in [3.8, 4) is 0 Å². The highest BCUT2D eigenvalue weighted by atomic mass is 32.1. The summed E-state index contributed by atoms with van der Waals surface area (Å²) < 4.78 is 0. The van der Waals surface area contributed by atoms with E-state index in [9.17, 15) is 9.59 Å². The van der Waals surface area contributed by atoms with E-state index in [1.54, 1.807) is 0 Å². The third-order valence-corrected chi connectivity index (χ3v) is 4.27. The summed E-state index contributed by atoms with van der Waals surface area (Å²) in [6, 6.07) is 1.93. The number of aryl methyl sites for hydroxylation is 1. The van der Waals surface area contributed by atoms with Crippen LogP contribution in [0.15, 0.2) is 11.4 Å². The zero-order valence-electron chi connectivity index (χ0n) is 9.10. The van der Waals surface area contributed by atoms with Gasteiger partial charge in [0.2, 0.25) is 0 Å². The molecule has 1 aliphatic rings. The molecular weight excluding hydrogens is 224 g/mol. The van der Waals surface area contributed by atoms with Crippen molar-refractivity contribution in [2.75, 3.05) is 0 Å². The second kappa shape index (κ2) is 4.37. The molecule has 86 valence electrons. The van der Waals surface area contributed by atoms with Crippen LogP contribution in [0.4, 0.5) is 0 Å². The molecule has 1 saturated carbocycles. The van der Waals surface area contributed by atoms with E-state index in [0.29, 0.717) is 19.3 Å². The molecule has 0 amide bonds. The molecule has 0 saturated heterocycles. The van der Waals surface area contributed by atoms with Gasteiger partial charge in [-0.3, -0.25) is 9.59 Å². The zero-order valence-corrected chi connectivity index (χ0v) is 9.92. The molecular formula is C12H14O3S. The molecule has 1 aliphatic carbocycles. The average molecular weight is 238 g/mol. The van der Waals surface area contributed by atoms with Gasteiger partial charge in [-0.15, -0.1) is 11.3 Å². The molecule has 16 heavy (non-hydrogen) atoms. The lowest BCUT2D eigenvalue weighted by Crippen LogP contribution is -2.14. The van der Waals surface area contributed by atoms with Crippen molar-refractivity contribution in [2.24, 2.45) is 11.8 Å². The largest absolute Gasteiger partial charge is 0.481 e. The maximum Gasteiger partial charge on any atom is 0.306 e. The van der Waals surface area contributed by atoms with Gasteiger partial charge < -0.3 is 5.11 Å². The summed E-state index contributed by atoms with van der Waals surface area (Å²) in [5.41, 5.74) is 1.01. The highest BCUT2D eigenvalue weighted by molar-refractivity contribution is 7.12. The van der Waals surface area contributed by atoms with Crippen LogP contribution in [0.3, 0.4) is 0 Å². The predicted molar refractivity (Wildman–Crippen MR) is 61.9 cm³/mol. The molecule has 4 heteroatoms. The monoisotopic (exact) mass is 238 g/mol. The summed E-state index contributed by atoms with van der Waals surface area (Å²) in [6.45, 7) is 1.92. The van der Waals surface area contributed by atoms with Crippen LogP contribution in [0, 0.1) is 18.8 Å². The van der Waals surface area contributed by atoms with Gasteiger partial charge >= 0.3 is 5.97 Å². The molecule has 1 N–H and O–H groups in total. The van der Waals surface area contributed by atoms with Gasteiger partial charge in [-0.1, -0.05) is 0 Å². The van der Waals surface area contributed by atoms with Gasteiger partial charge in [0.05, 0.1) is 10.8 Å². The number of hydrogen-bond acceptors (Lipinski definition) is 3. The third-order valence-electron chi connectivity index (χ3n) is 3.24. The van der Waals surface area contributed by atoms with E-state index in [1.165, 1.54) is 11.3 Å². The molecule has 0 aromatic carbocycles. The molecule has 1 aromatic heterocycles. The number of hydrogen-bond donors (Lipinski definition) is 1. The maximum absolute atomic E-state index is 12.1. The molecule has 1 fully saturated rings. The second-order valence-corrected chi connectivity index (χ2v) is 5.26. The number of carbonyl (C=O) groups excluding carboxylic acids is 1. The minimum Gasteiger partial charge on any atom is -0.481 e. The first-order chi connectivity index (χ1) is 7.59. The summed E-state index contributed by atoms with van der Waals surface area (Å²) in [6.07, 6.45) is 1.86. The van der Waals surface area contributed by atoms with Crippen LogP contribution in [0.5, 0.6) is 0 Å². The number of rotatable bonds is 3. The molecule has 1 aromatic rings. The van der Waals surface area contributed by atoms with Crippen molar-refractivity contribution in [3.63, 3.8) is 0 Å². The Hall–Kier alpha value is -1.16. The van der Waals surface area contributed by atoms with Gasteiger partial charge in [0.25, 0.3) is 0 Å². The summed E-state index contributed by atoms with van der Waals surface area (Å²) in [7, 11) is 0. The van der Waals surface area contributed by atoms with E-state index >= 15 is 0 Å². The molecule has 0 radical (unpaired) electrons. The first-order valence-electron chi connectivity index (χ1n) is 5.40. The minimum atomic E-state index is -0.766. The Balaban J connectivity index is 2.08. The molecule has 0 spiro atoms. The van der Waals surface area contributed by atoms with Crippen molar-refractivity contribution in [1.29, 1.82) is 0 Å². The highest BCUT2D eigenvalue weighted by Crippen LogP contribution is 2.34. The predicted octanol–water partition coefficient (Wildman–Crippen LogP) is 2.74. The van der Waals surface area contributed by atoms with Crippen LogP contribution >= 0.6 is 11.3 Å². The fraction of sp³-hybridized carbons (Fsp3) is 0.500. The Labute approximate surface area is 98.1 Å². The molecule has 2 rings (SSSR count). The highest BCUT2D eigenvalue weighted by Gasteiger charge is 2.34. The third kappa shape index (κ3) is 2.02. The summed E-state index contributed by atoms with van der Waals surface area (Å²) in [4.78, 5) is 23.7. The number of aliphatic carboxylic acids is 1. The number of carboxylic acids is 1. The van der Waals surface area contributed by atoms with Crippen molar-refractivity contribution in [1.82, 2.24) is 0 Å². The second-order valence-electron chi connectivity index (χ2n) is 4.34. The number of Topliss-reactive ketones (excluding diaryl/α,β-unsaturated/α-hetero) is 1. The van der Waals surface area contributed by atoms with Gasteiger partial charge in [-0.2, -0.15) is 0 Å². The molecule has 2 unspecified atom stereocenters. The lowest BCUT2D eigenvalue weighted by atomic mass is 9.98. The van der Waals surface area contributed by atoms with Crippen LogP contribution in [-0.4, -0.2) is 16.9 Å². The fourth-order valence-corrected chi connectivity index (χ4v) is 3.20. The van der Waals surface area contributed by atoms with E-state index in [0.717, 1.165) is 10.4 Å². The number of carbonyl (C=O) groups is 2.